The Hall–Kier alpha value is -1.55. The van der Waals surface area contributed by atoms with Gasteiger partial charge in [-0.25, -0.2) is 9.78 Å². The molecule has 0 aliphatic carbocycles. The molecule has 0 bridgehead atoms. The van der Waals surface area contributed by atoms with Crippen molar-refractivity contribution in [3.63, 3.8) is 0 Å². The first-order chi connectivity index (χ1) is 7.52. The molecule has 86 valence electrons. The van der Waals surface area contributed by atoms with Gasteiger partial charge in [-0.15, -0.1) is 0 Å². The number of methoxy groups -OCH3 is 1. The summed E-state index contributed by atoms with van der Waals surface area (Å²) in [6.07, 6.45) is 2.90. The van der Waals surface area contributed by atoms with E-state index < -0.39 is 5.97 Å². The number of nitrogens with one attached hydrogen (secondary N) is 1. The normalized spacial score (nSPS) is 11.1. The van der Waals surface area contributed by atoms with E-state index in [2.05, 4.69) is 15.0 Å². The molecular formula is C11H13ClN2O2. The van der Waals surface area contributed by atoms with E-state index in [1.807, 2.05) is 6.92 Å². The lowest BCUT2D eigenvalue weighted by Crippen LogP contribution is -2.04. The van der Waals surface area contributed by atoms with Gasteiger partial charge in [-0.05, 0) is 25.5 Å². The van der Waals surface area contributed by atoms with Crippen molar-refractivity contribution in [3.8, 4) is 0 Å². The highest BCUT2D eigenvalue weighted by Gasteiger charge is 2.02. The Balaban J connectivity index is 2.81. The van der Waals surface area contributed by atoms with Gasteiger partial charge < -0.3 is 10.1 Å². The van der Waals surface area contributed by atoms with E-state index in [0.717, 1.165) is 5.56 Å². The number of anilines is 1. The van der Waals surface area contributed by atoms with Crippen LogP contribution in [0.25, 0.3) is 0 Å². The monoisotopic (exact) mass is 240 g/mol. The van der Waals surface area contributed by atoms with Gasteiger partial charge in [0.15, 0.2) is 0 Å². The van der Waals surface area contributed by atoms with Crippen LogP contribution in [0.4, 0.5) is 5.82 Å². The van der Waals surface area contributed by atoms with Crippen LogP contribution >= 0.6 is 11.6 Å². The van der Waals surface area contributed by atoms with Gasteiger partial charge in [0.25, 0.3) is 0 Å². The smallest absolute Gasteiger partial charge is 0.332 e. The van der Waals surface area contributed by atoms with Crippen molar-refractivity contribution >= 4 is 23.4 Å². The molecule has 0 unspecified atom stereocenters. The van der Waals surface area contributed by atoms with Crippen LogP contribution < -0.4 is 5.32 Å². The molecule has 5 heteroatoms. The Labute approximate surface area is 99.3 Å². The molecule has 0 aliphatic heterocycles. The maximum atomic E-state index is 11.0. The number of esters is 1. The van der Waals surface area contributed by atoms with Crippen molar-refractivity contribution in [1.82, 2.24) is 4.98 Å². The molecule has 0 atom stereocenters. The number of aryl methyl sites for hydroxylation is 1. The minimum absolute atomic E-state index is 0.406. The van der Waals surface area contributed by atoms with Crippen molar-refractivity contribution in [3.05, 3.63) is 34.6 Å². The third-order valence-electron chi connectivity index (χ3n) is 1.90. The zero-order chi connectivity index (χ0) is 12.1. The first-order valence-electron chi connectivity index (χ1n) is 4.68. The van der Waals surface area contributed by atoms with E-state index in [9.17, 15) is 4.79 Å². The summed E-state index contributed by atoms with van der Waals surface area (Å²) in [6.45, 7) is 3.64. The number of nitrogens with zero attached hydrogens (tertiary/aromatic N) is 1. The van der Waals surface area contributed by atoms with Crippen LogP contribution in [0.1, 0.15) is 12.5 Å². The second-order valence-corrected chi connectivity index (χ2v) is 3.73. The Morgan fingerprint density at radius 2 is 2.31 bits per heavy atom. The minimum atomic E-state index is -0.406. The fraction of sp³-hybridized carbons (Fsp3) is 0.273. The number of allylic oxidation sites excluding steroid dienone is 1. The van der Waals surface area contributed by atoms with Crippen LogP contribution in [0.15, 0.2) is 24.0 Å². The topological polar surface area (TPSA) is 51.2 Å². The predicted molar refractivity (Wildman–Crippen MR) is 63.4 cm³/mol. The number of rotatable bonds is 3. The lowest BCUT2D eigenvalue weighted by molar-refractivity contribution is -0.134. The molecule has 0 amide bonds. The molecule has 0 aliphatic rings. The van der Waals surface area contributed by atoms with Gasteiger partial charge in [0.1, 0.15) is 5.82 Å². The summed E-state index contributed by atoms with van der Waals surface area (Å²) in [6, 6.07) is 1.79. The summed E-state index contributed by atoms with van der Waals surface area (Å²) < 4.78 is 4.51. The molecule has 1 N–H and O–H groups in total. The average molecular weight is 241 g/mol. The van der Waals surface area contributed by atoms with Crippen LogP contribution in [-0.4, -0.2) is 18.1 Å². The van der Waals surface area contributed by atoms with Crippen molar-refractivity contribution < 1.29 is 9.53 Å². The summed E-state index contributed by atoms with van der Waals surface area (Å²) in [7, 11) is 1.33. The van der Waals surface area contributed by atoms with Gasteiger partial charge in [0.2, 0.25) is 0 Å². The minimum Gasteiger partial charge on any atom is -0.466 e. The van der Waals surface area contributed by atoms with Crippen LogP contribution in [0.3, 0.4) is 0 Å². The lowest BCUT2D eigenvalue weighted by atomic mass is 10.3. The lowest BCUT2D eigenvalue weighted by Gasteiger charge is -2.08. The summed E-state index contributed by atoms with van der Waals surface area (Å²) in [4.78, 5) is 15.1. The zero-order valence-electron chi connectivity index (χ0n) is 9.37. The Morgan fingerprint density at radius 1 is 1.62 bits per heavy atom. The molecule has 0 fully saturated rings. The maximum absolute atomic E-state index is 11.0. The van der Waals surface area contributed by atoms with Gasteiger partial charge in [0.05, 0.1) is 12.1 Å². The van der Waals surface area contributed by atoms with Crippen LogP contribution in [0, 0.1) is 6.92 Å². The summed E-state index contributed by atoms with van der Waals surface area (Å²) in [5, 5.41) is 3.57. The maximum Gasteiger partial charge on any atom is 0.332 e. The van der Waals surface area contributed by atoms with E-state index in [0.29, 0.717) is 16.5 Å². The third kappa shape index (κ3) is 3.55. The van der Waals surface area contributed by atoms with Gasteiger partial charge in [-0.1, -0.05) is 11.6 Å². The van der Waals surface area contributed by atoms with Crippen LogP contribution in [0.5, 0.6) is 0 Å². The zero-order valence-corrected chi connectivity index (χ0v) is 10.1. The van der Waals surface area contributed by atoms with Gasteiger partial charge in [-0.2, -0.15) is 0 Å². The summed E-state index contributed by atoms with van der Waals surface area (Å²) in [5.41, 5.74) is 1.56. The fourth-order valence-electron chi connectivity index (χ4n) is 1.13. The second-order valence-electron chi connectivity index (χ2n) is 3.29. The second kappa shape index (κ2) is 5.51. The molecule has 0 radical (unpaired) electrons. The molecule has 1 aromatic heterocycles. The molecule has 1 heterocycles. The standard InChI is InChI=1S/C11H13ClN2O2/c1-7-4-9(12)6-13-11(7)14-8(2)5-10(15)16-3/h4-6H,1-3H3,(H,13,14)/b8-5+. The molecular weight excluding hydrogens is 228 g/mol. The Kier molecular flexibility index (Phi) is 4.31. The number of carbonyl (C=O) groups is 1. The van der Waals surface area contributed by atoms with Crippen LogP contribution in [-0.2, 0) is 9.53 Å². The van der Waals surface area contributed by atoms with Gasteiger partial charge >= 0.3 is 5.97 Å². The first kappa shape index (κ1) is 12.5. The van der Waals surface area contributed by atoms with Gasteiger partial charge in [0, 0.05) is 18.0 Å². The molecule has 0 aromatic carbocycles. The molecule has 0 saturated carbocycles. The summed E-state index contributed by atoms with van der Waals surface area (Å²) >= 11 is 5.78. The Bertz CT molecular complexity index is 430. The van der Waals surface area contributed by atoms with Crippen LogP contribution in [0.2, 0.25) is 5.02 Å². The SMILES string of the molecule is COC(=O)/C=C(\C)Nc1ncc(Cl)cc1C. The predicted octanol–water partition coefficient (Wildman–Crippen LogP) is 2.53. The third-order valence-corrected chi connectivity index (χ3v) is 2.10. The highest BCUT2D eigenvalue weighted by molar-refractivity contribution is 6.30. The van der Waals surface area contributed by atoms with Crippen molar-refractivity contribution in [2.75, 3.05) is 12.4 Å². The number of hydrogen-bond donors (Lipinski definition) is 1. The van der Waals surface area contributed by atoms with E-state index in [1.54, 1.807) is 19.2 Å². The number of aromatic nitrogens is 1. The number of pyridine rings is 1. The van der Waals surface area contributed by atoms with Crippen molar-refractivity contribution in [1.29, 1.82) is 0 Å². The number of carbonyl (C=O) groups excluding carboxylic acids is 1. The highest BCUT2D eigenvalue weighted by atomic mass is 35.5. The molecule has 1 rings (SSSR count). The molecule has 16 heavy (non-hydrogen) atoms. The van der Waals surface area contributed by atoms with E-state index in [1.165, 1.54) is 13.2 Å². The quantitative estimate of drug-likeness (QED) is 0.652. The molecule has 1 aromatic rings. The number of hydrogen-bond acceptors (Lipinski definition) is 4. The highest BCUT2D eigenvalue weighted by Crippen LogP contribution is 2.17. The van der Waals surface area contributed by atoms with E-state index in [4.69, 9.17) is 11.6 Å². The number of halogens is 1. The van der Waals surface area contributed by atoms with E-state index >= 15 is 0 Å². The van der Waals surface area contributed by atoms with E-state index in [-0.39, 0.29) is 0 Å². The molecule has 4 nitrogen and oxygen atoms in total. The average Bonchev–Trinajstić information content (AvgIpc) is 2.22. The largest absolute Gasteiger partial charge is 0.466 e. The fourth-order valence-corrected chi connectivity index (χ4v) is 1.34. The van der Waals surface area contributed by atoms with Crippen molar-refractivity contribution in [2.24, 2.45) is 0 Å². The first-order valence-corrected chi connectivity index (χ1v) is 5.06. The van der Waals surface area contributed by atoms with Gasteiger partial charge in [-0.3, -0.25) is 0 Å². The number of ether oxygens (including phenoxy) is 1. The summed E-state index contributed by atoms with van der Waals surface area (Å²) in [5.74, 6) is 0.263. The Morgan fingerprint density at radius 3 is 2.88 bits per heavy atom. The van der Waals surface area contributed by atoms with Crippen molar-refractivity contribution in [2.45, 2.75) is 13.8 Å². The molecule has 0 saturated heterocycles. The molecule has 0 spiro atoms.